The van der Waals surface area contributed by atoms with E-state index in [4.69, 9.17) is 4.42 Å². The summed E-state index contributed by atoms with van der Waals surface area (Å²) >= 11 is 1.90. The Balaban J connectivity index is 1.68. The van der Waals surface area contributed by atoms with Crippen molar-refractivity contribution in [3.63, 3.8) is 0 Å². The second-order valence-electron chi connectivity index (χ2n) is 6.01. The maximum Gasteiger partial charge on any atom is 0.168 e. The SMILES string of the molecule is Cc1cc2cc(C3=C(C4CC4)SC4=NCCN43)ccc2o1. The highest BCUT2D eigenvalue weighted by Gasteiger charge is 2.40. The molecule has 0 radical (unpaired) electrons. The highest BCUT2D eigenvalue weighted by molar-refractivity contribution is 8.17. The van der Waals surface area contributed by atoms with Crippen molar-refractivity contribution in [3.05, 3.63) is 40.5 Å². The molecule has 0 saturated heterocycles. The van der Waals surface area contributed by atoms with E-state index in [0.29, 0.717) is 0 Å². The second kappa shape index (κ2) is 4.17. The molecule has 0 amide bonds. The number of hydrogen-bond donors (Lipinski definition) is 0. The van der Waals surface area contributed by atoms with Crippen LogP contribution in [-0.4, -0.2) is 23.2 Å². The molecule has 3 aliphatic rings. The van der Waals surface area contributed by atoms with E-state index in [9.17, 15) is 0 Å². The lowest BCUT2D eigenvalue weighted by atomic mass is 10.1. The van der Waals surface area contributed by atoms with Crippen LogP contribution in [0.1, 0.15) is 24.2 Å². The number of hydrogen-bond acceptors (Lipinski definition) is 4. The summed E-state index contributed by atoms with van der Waals surface area (Å²) in [5.41, 5.74) is 3.69. The Morgan fingerprint density at radius 3 is 3.05 bits per heavy atom. The van der Waals surface area contributed by atoms with Gasteiger partial charge in [0.15, 0.2) is 5.17 Å². The molecule has 1 aromatic heterocycles. The van der Waals surface area contributed by atoms with Gasteiger partial charge in [-0.05, 0) is 55.5 Å². The normalized spacial score (nSPS) is 21.4. The van der Waals surface area contributed by atoms with Crippen LogP contribution in [0.2, 0.25) is 0 Å². The summed E-state index contributed by atoms with van der Waals surface area (Å²) in [5, 5.41) is 2.40. The molecule has 1 aliphatic carbocycles. The smallest absolute Gasteiger partial charge is 0.168 e. The number of fused-ring (bicyclic) bond motifs is 2. The Morgan fingerprint density at radius 1 is 1.29 bits per heavy atom. The molecule has 4 heteroatoms. The van der Waals surface area contributed by atoms with Crippen LogP contribution in [0, 0.1) is 12.8 Å². The zero-order valence-corrected chi connectivity index (χ0v) is 12.7. The lowest BCUT2D eigenvalue weighted by Crippen LogP contribution is -2.20. The number of amidine groups is 1. The zero-order valence-electron chi connectivity index (χ0n) is 11.9. The number of benzene rings is 1. The third kappa shape index (κ3) is 1.78. The van der Waals surface area contributed by atoms with Crippen molar-refractivity contribution in [1.82, 2.24) is 4.90 Å². The molecule has 2 aliphatic heterocycles. The van der Waals surface area contributed by atoms with Gasteiger partial charge in [0.2, 0.25) is 0 Å². The van der Waals surface area contributed by atoms with E-state index in [-0.39, 0.29) is 0 Å². The predicted molar refractivity (Wildman–Crippen MR) is 87.2 cm³/mol. The van der Waals surface area contributed by atoms with Crippen LogP contribution in [-0.2, 0) is 0 Å². The van der Waals surface area contributed by atoms with Gasteiger partial charge in [-0.3, -0.25) is 4.99 Å². The fraction of sp³-hybridized carbons (Fsp3) is 0.353. The van der Waals surface area contributed by atoms with Crippen molar-refractivity contribution in [2.75, 3.05) is 13.1 Å². The Hall–Kier alpha value is -1.68. The summed E-state index contributed by atoms with van der Waals surface area (Å²) in [6.45, 7) is 3.96. The van der Waals surface area contributed by atoms with Gasteiger partial charge in [-0.2, -0.15) is 0 Å². The van der Waals surface area contributed by atoms with E-state index in [0.717, 1.165) is 30.4 Å². The molecule has 0 spiro atoms. The summed E-state index contributed by atoms with van der Waals surface area (Å²) in [6, 6.07) is 8.69. The highest BCUT2D eigenvalue weighted by Crippen LogP contribution is 2.52. The molecule has 0 atom stereocenters. The quantitative estimate of drug-likeness (QED) is 0.830. The molecule has 1 fully saturated rings. The Labute approximate surface area is 127 Å². The van der Waals surface area contributed by atoms with Gasteiger partial charge in [-0.15, -0.1) is 0 Å². The first-order chi connectivity index (χ1) is 10.3. The predicted octanol–water partition coefficient (Wildman–Crippen LogP) is 4.24. The molecule has 1 saturated carbocycles. The van der Waals surface area contributed by atoms with Crippen LogP contribution in [0.3, 0.4) is 0 Å². The topological polar surface area (TPSA) is 28.7 Å². The van der Waals surface area contributed by atoms with Gasteiger partial charge in [0.25, 0.3) is 0 Å². The summed E-state index contributed by atoms with van der Waals surface area (Å²) in [6.07, 6.45) is 2.67. The van der Waals surface area contributed by atoms with Crippen molar-refractivity contribution in [1.29, 1.82) is 0 Å². The molecule has 21 heavy (non-hydrogen) atoms. The number of allylic oxidation sites excluding steroid dienone is 1. The molecule has 1 aromatic carbocycles. The Kier molecular flexibility index (Phi) is 2.37. The number of furan rings is 1. The lowest BCUT2D eigenvalue weighted by molar-refractivity contribution is 0.578. The molecule has 0 bridgehead atoms. The van der Waals surface area contributed by atoms with E-state index in [1.807, 2.05) is 18.7 Å². The third-order valence-electron chi connectivity index (χ3n) is 4.37. The van der Waals surface area contributed by atoms with Gasteiger partial charge in [0.1, 0.15) is 11.3 Å². The van der Waals surface area contributed by atoms with Crippen molar-refractivity contribution < 1.29 is 4.42 Å². The molecule has 0 unspecified atom stereocenters. The van der Waals surface area contributed by atoms with Crippen molar-refractivity contribution in [3.8, 4) is 0 Å². The molecular formula is C17H16N2OS. The van der Waals surface area contributed by atoms with E-state index >= 15 is 0 Å². The van der Waals surface area contributed by atoms with Crippen molar-refractivity contribution >= 4 is 33.6 Å². The number of rotatable bonds is 2. The third-order valence-corrected chi connectivity index (χ3v) is 5.65. The van der Waals surface area contributed by atoms with Crippen LogP contribution >= 0.6 is 11.8 Å². The summed E-state index contributed by atoms with van der Waals surface area (Å²) in [5.74, 6) is 1.74. The Bertz CT molecular complexity index is 813. The molecule has 3 nitrogen and oxygen atoms in total. The van der Waals surface area contributed by atoms with Gasteiger partial charge >= 0.3 is 0 Å². The highest BCUT2D eigenvalue weighted by atomic mass is 32.2. The van der Waals surface area contributed by atoms with Crippen LogP contribution in [0.25, 0.3) is 16.7 Å². The summed E-state index contributed by atoms with van der Waals surface area (Å²) < 4.78 is 5.70. The number of nitrogens with zero attached hydrogens (tertiary/aromatic N) is 2. The minimum Gasteiger partial charge on any atom is -0.461 e. The fourth-order valence-electron chi connectivity index (χ4n) is 3.24. The summed E-state index contributed by atoms with van der Waals surface area (Å²) in [7, 11) is 0. The second-order valence-corrected chi connectivity index (χ2v) is 7.02. The van der Waals surface area contributed by atoms with Gasteiger partial charge in [-0.25, -0.2) is 0 Å². The zero-order chi connectivity index (χ0) is 14.0. The van der Waals surface area contributed by atoms with Crippen molar-refractivity contribution in [2.45, 2.75) is 19.8 Å². The van der Waals surface area contributed by atoms with E-state index < -0.39 is 0 Å². The lowest BCUT2D eigenvalue weighted by Gasteiger charge is -2.17. The number of aryl methyl sites for hydroxylation is 1. The first kappa shape index (κ1) is 11.9. The number of aliphatic imine (C=N–C) groups is 1. The minimum absolute atomic E-state index is 0.764. The molecule has 3 heterocycles. The van der Waals surface area contributed by atoms with Gasteiger partial charge < -0.3 is 9.32 Å². The molecule has 5 rings (SSSR count). The van der Waals surface area contributed by atoms with Crippen LogP contribution in [0.5, 0.6) is 0 Å². The standard InChI is InChI=1S/C17H16N2OS/c1-10-8-13-9-12(4-5-14(13)20-10)15-16(11-2-3-11)21-17-18-6-7-19(15)17/h4-5,8-9,11H,2-3,6-7H2,1H3. The van der Waals surface area contributed by atoms with Gasteiger partial charge in [-0.1, -0.05) is 11.8 Å². The minimum atomic E-state index is 0.764. The molecular weight excluding hydrogens is 280 g/mol. The number of thioether (sulfide) groups is 1. The average Bonchev–Trinajstić information content (AvgIpc) is 2.93. The van der Waals surface area contributed by atoms with E-state index in [2.05, 4.69) is 34.2 Å². The molecule has 106 valence electrons. The first-order valence-electron chi connectivity index (χ1n) is 7.54. The summed E-state index contributed by atoms with van der Waals surface area (Å²) in [4.78, 5) is 8.59. The molecule has 0 N–H and O–H groups in total. The van der Waals surface area contributed by atoms with Crippen LogP contribution in [0.15, 0.2) is 38.6 Å². The van der Waals surface area contributed by atoms with Gasteiger partial charge in [0, 0.05) is 16.8 Å². The molecule has 2 aromatic rings. The maximum atomic E-state index is 5.70. The van der Waals surface area contributed by atoms with Gasteiger partial charge in [0.05, 0.1) is 12.2 Å². The van der Waals surface area contributed by atoms with Crippen molar-refractivity contribution in [2.24, 2.45) is 10.9 Å². The largest absolute Gasteiger partial charge is 0.461 e. The van der Waals surface area contributed by atoms with Crippen LogP contribution in [0.4, 0.5) is 0 Å². The maximum absolute atomic E-state index is 5.70. The Morgan fingerprint density at radius 2 is 2.19 bits per heavy atom. The van der Waals surface area contributed by atoms with E-state index in [1.165, 1.54) is 39.6 Å². The van der Waals surface area contributed by atoms with E-state index in [1.54, 1.807) is 0 Å². The fourth-order valence-corrected chi connectivity index (χ4v) is 4.62. The monoisotopic (exact) mass is 296 g/mol. The average molecular weight is 296 g/mol. The first-order valence-corrected chi connectivity index (χ1v) is 8.36. The van der Waals surface area contributed by atoms with Crippen LogP contribution < -0.4 is 0 Å².